The molecule has 1 heterocycles. The van der Waals surface area contributed by atoms with Gasteiger partial charge in [0.15, 0.2) is 10.9 Å². The van der Waals surface area contributed by atoms with Gasteiger partial charge in [-0.1, -0.05) is 15.9 Å². The molecule has 0 amide bonds. The van der Waals surface area contributed by atoms with E-state index in [-0.39, 0.29) is 18.0 Å². The number of hydrogen-bond acceptors (Lipinski definition) is 6. The summed E-state index contributed by atoms with van der Waals surface area (Å²) in [5.41, 5.74) is 6.04. The number of thiazole rings is 1. The molecule has 0 saturated carbocycles. The highest BCUT2D eigenvalue weighted by Crippen LogP contribution is 2.30. The first-order chi connectivity index (χ1) is 8.56. The van der Waals surface area contributed by atoms with Crippen molar-refractivity contribution in [2.45, 2.75) is 6.61 Å². The standard InChI is InChI=1S/C10H8BrN3O3S/c11-6-1-2-9(8(3-6)14(15)16)17-4-7-5-18-10(12)13-7/h1-3,5H,4H2,(H2,12,13). The van der Waals surface area contributed by atoms with Crippen LogP contribution in [0.5, 0.6) is 5.75 Å². The van der Waals surface area contributed by atoms with Crippen LogP contribution < -0.4 is 10.5 Å². The lowest BCUT2D eigenvalue weighted by Crippen LogP contribution is -1.99. The first-order valence-corrected chi connectivity index (χ1v) is 6.50. The Kier molecular flexibility index (Phi) is 3.78. The summed E-state index contributed by atoms with van der Waals surface area (Å²) in [5.74, 6) is 0.203. The molecular formula is C10H8BrN3O3S. The van der Waals surface area contributed by atoms with Crippen molar-refractivity contribution in [2.24, 2.45) is 0 Å². The second-order valence-electron chi connectivity index (χ2n) is 3.33. The van der Waals surface area contributed by atoms with Crippen molar-refractivity contribution < 1.29 is 9.66 Å². The molecule has 2 N–H and O–H groups in total. The van der Waals surface area contributed by atoms with Crippen molar-refractivity contribution >= 4 is 38.1 Å². The Balaban J connectivity index is 2.16. The number of ether oxygens (including phenoxy) is 1. The van der Waals surface area contributed by atoms with Crippen LogP contribution in [0.15, 0.2) is 28.1 Å². The maximum Gasteiger partial charge on any atom is 0.312 e. The van der Waals surface area contributed by atoms with Crippen molar-refractivity contribution in [3.63, 3.8) is 0 Å². The minimum atomic E-state index is -0.491. The van der Waals surface area contributed by atoms with Crippen molar-refractivity contribution in [2.75, 3.05) is 5.73 Å². The fourth-order valence-corrected chi connectivity index (χ4v) is 2.19. The molecule has 0 spiro atoms. The van der Waals surface area contributed by atoms with Crippen LogP contribution in [0.3, 0.4) is 0 Å². The van der Waals surface area contributed by atoms with E-state index in [4.69, 9.17) is 10.5 Å². The molecule has 0 fully saturated rings. The van der Waals surface area contributed by atoms with Gasteiger partial charge < -0.3 is 10.5 Å². The van der Waals surface area contributed by atoms with Crippen molar-refractivity contribution in [3.05, 3.63) is 43.9 Å². The second kappa shape index (κ2) is 5.32. The molecule has 2 aromatic rings. The number of benzene rings is 1. The molecule has 0 unspecified atom stereocenters. The van der Waals surface area contributed by atoms with E-state index in [9.17, 15) is 10.1 Å². The van der Waals surface area contributed by atoms with Crippen molar-refractivity contribution in [1.29, 1.82) is 0 Å². The third-order valence-electron chi connectivity index (χ3n) is 2.06. The Morgan fingerprint density at radius 3 is 2.94 bits per heavy atom. The smallest absolute Gasteiger partial charge is 0.312 e. The molecule has 8 heteroatoms. The largest absolute Gasteiger partial charge is 0.480 e. The molecule has 0 saturated heterocycles. The highest BCUT2D eigenvalue weighted by atomic mass is 79.9. The van der Waals surface area contributed by atoms with Gasteiger partial charge in [0.2, 0.25) is 0 Å². The fraction of sp³-hybridized carbons (Fsp3) is 0.100. The van der Waals surface area contributed by atoms with Gasteiger partial charge in [0.05, 0.1) is 10.6 Å². The SMILES string of the molecule is Nc1nc(COc2ccc(Br)cc2[N+](=O)[O-])cs1. The third kappa shape index (κ3) is 2.96. The minimum Gasteiger partial charge on any atom is -0.480 e. The fourth-order valence-electron chi connectivity index (χ4n) is 1.30. The van der Waals surface area contributed by atoms with E-state index < -0.39 is 4.92 Å². The van der Waals surface area contributed by atoms with Crippen LogP contribution in [0.1, 0.15) is 5.69 Å². The summed E-state index contributed by atoms with van der Waals surface area (Å²) in [6, 6.07) is 4.61. The van der Waals surface area contributed by atoms with Gasteiger partial charge in [-0.2, -0.15) is 0 Å². The van der Waals surface area contributed by atoms with Gasteiger partial charge in [-0.05, 0) is 12.1 Å². The lowest BCUT2D eigenvalue weighted by Gasteiger charge is -2.05. The number of rotatable bonds is 4. The van der Waals surface area contributed by atoms with Crippen LogP contribution in [0, 0.1) is 10.1 Å². The average molecular weight is 330 g/mol. The molecule has 18 heavy (non-hydrogen) atoms. The Bertz CT molecular complexity index is 587. The number of nitrogens with two attached hydrogens (primary N) is 1. The predicted octanol–water partition coefficient (Wildman–Crippen LogP) is 2.98. The quantitative estimate of drug-likeness (QED) is 0.687. The van der Waals surface area contributed by atoms with Gasteiger partial charge >= 0.3 is 5.69 Å². The summed E-state index contributed by atoms with van der Waals surface area (Å²) in [6.45, 7) is 0.149. The Morgan fingerprint density at radius 1 is 1.56 bits per heavy atom. The molecule has 1 aromatic heterocycles. The van der Waals surface area contributed by atoms with E-state index in [1.165, 1.54) is 23.5 Å². The molecule has 94 valence electrons. The monoisotopic (exact) mass is 329 g/mol. The van der Waals surface area contributed by atoms with E-state index in [2.05, 4.69) is 20.9 Å². The van der Waals surface area contributed by atoms with Crippen LogP contribution in [0.4, 0.5) is 10.8 Å². The molecule has 0 aliphatic carbocycles. The zero-order chi connectivity index (χ0) is 13.1. The Hall–Kier alpha value is -1.67. The first-order valence-electron chi connectivity index (χ1n) is 4.83. The van der Waals surface area contributed by atoms with Crippen LogP contribution in [0.2, 0.25) is 0 Å². The topological polar surface area (TPSA) is 91.3 Å². The van der Waals surface area contributed by atoms with Crippen molar-refractivity contribution in [1.82, 2.24) is 4.98 Å². The summed E-state index contributed by atoms with van der Waals surface area (Å²) >= 11 is 4.47. The third-order valence-corrected chi connectivity index (χ3v) is 3.28. The summed E-state index contributed by atoms with van der Waals surface area (Å²) < 4.78 is 6.00. The molecular weight excluding hydrogens is 322 g/mol. The molecule has 0 radical (unpaired) electrons. The summed E-state index contributed by atoms with van der Waals surface area (Å²) in [4.78, 5) is 14.4. The minimum absolute atomic E-state index is 0.0902. The van der Waals surface area contributed by atoms with E-state index >= 15 is 0 Å². The number of nitro benzene ring substituents is 1. The molecule has 0 atom stereocenters. The van der Waals surface area contributed by atoms with Crippen LogP contribution >= 0.6 is 27.3 Å². The second-order valence-corrected chi connectivity index (χ2v) is 5.14. The van der Waals surface area contributed by atoms with E-state index in [1.54, 1.807) is 11.4 Å². The highest BCUT2D eigenvalue weighted by Gasteiger charge is 2.15. The Morgan fingerprint density at radius 2 is 2.33 bits per heavy atom. The number of nitrogens with zero attached hydrogens (tertiary/aromatic N) is 2. The normalized spacial score (nSPS) is 10.3. The van der Waals surface area contributed by atoms with Gasteiger partial charge in [-0.15, -0.1) is 11.3 Å². The number of nitro groups is 1. The summed E-state index contributed by atoms with van der Waals surface area (Å²) in [6.07, 6.45) is 0. The van der Waals surface area contributed by atoms with Gasteiger partial charge in [-0.3, -0.25) is 10.1 Å². The number of nitrogen functional groups attached to an aromatic ring is 1. The maximum atomic E-state index is 10.9. The number of hydrogen-bond donors (Lipinski definition) is 1. The Labute approximate surface area is 115 Å². The molecule has 0 aliphatic heterocycles. The van der Waals surface area contributed by atoms with Gasteiger partial charge in [0.1, 0.15) is 6.61 Å². The molecule has 6 nitrogen and oxygen atoms in total. The molecule has 1 aromatic carbocycles. The first kappa shape index (κ1) is 12.8. The van der Waals surface area contributed by atoms with Crippen LogP contribution in [0.25, 0.3) is 0 Å². The lowest BCUT2D eigenvalue weighted by molar-refractivity contribution is -0.386. The van der Waals surface area contributed by atoms with E-state index in [0.29, 0.717) is 15.3 Å². The predicted molar refractivity (Wildman–Crippen MR) is 71.7 cm³/mol. The van der Waals surface area contributed by atoms with Gasteiger partial charge in [0.25, 0.3) is 0 Å². The van der Waals surface area contributed by atoms with Crippen LogP contribution in [-0.4, -0.2) is 9.91 Å². The zero-order valence-electron chi connectivity index (χ0n) is 9.00. The summed E-state index contributed by atoms with van der Waals surface area (Å²) in [7, 11) is 0. The van der Waals surface area contributed by atoms with E-state index in [0.717, 1.165) is 0 Å². The van der Waals surface area contributed by atoms with Crippen molar-refractivity contribution in [3.8, 4) is 5.75 Å². The maximum absolute atomic E-state index is 10.9. The molecule has 0 aliphatic rings. The van der Waals surface area contributed by atoms with E-state index in [1.807, 2.05) is 0 Å². The molecule has 0 bridgehead atoms. The highest BCUT2D eigenvalue weighted by molar-refractivity contribution is 9.10. The zero-order valence-corrected chi connectivity index (χ0v) is 11.4. The van der Waals surface area contributed by atoms with Gasteiger partial charge in [-0.25, -0.2) is 4.98 Å². The average Bonchev–Trinajstić information content (AvgIpc) is 2.73. The lowest BCUT2D eigenvalue weighted by atomic mass is 10.3. The number of anilines is 1. The molecule has 2 rings (SSSR count). The van der Waals surface area contributed by atoms with Crippen LogP contribution in [-0.2, 0) is 6.61 Å². The number of halogens is 1. The summed E-state index contributed by atoms with van der Waals surface area (Å²) in [5, 5.41) is 13.1. The van der Waals surface area contributed by atoms with Gasteiger partial charge in [0, 0.05) is 15.9 Å². The number of aromatic nitrogens is 1.